The maximum Gasteiger partial charge on any atom is 0.169 e. The van der Waals surface area contributed by atoms with Crippen LogP contribution in [0.5, 0.6) is 0 Å². The van der Waals surface area contributed by atoms with Crippen molar-refractivity contribution in [2.75, 3.05) is 0 Å². The van der Waals surface area contributed by atoms with Gasteiger partial charge in [0.2, 0.25) is 0 Å². The molecule has 0 amide bonds. The summed E-state index contributed by atoms with van der Waals surface area (Å²) in [5, 5.41) is 0. The number of nitrogens with zero attached hydrogens (tertiary/aromatic N) is 2. The Labute approximate surface area is 62.7 Å². The second kappa shape index (κ2) is 2.30. The van der Waals surface area contributed by atoms with Crippen LogP contribution in [-0.2, 0) is 0 Å². The van der Waals surface area contributed by atoms with Gasteiger partial charge in [-0.3, -0.25) is 0 Å². The maximum atomic E-state index is 4.06. The highest BCUT2D eigenvalue weighted by molar-refractivity contribution is 7.98. The minimum atomic E-state index is 0.797. The van der Waals surface area contributed by atoms with Gasteiger partial charge >= 0.3 is 0 Å². The predicted molar refractivity (Wildman–Crippen MR) is 41.4 cm³/mol. The van der Waals surface area contributed by atoms with Crippen molar-refractivity contribution < 1.29 is 0 Å². The van der Waals surface area contributed by atoms with E-state index in [4.69, 9.17) is 0 Å². The summed E-state index contributed by atoms with van der Waals surface area (Å²) in [7, 11) is 0. The molecule has 1 N–H and O–H groups in total. The van der Waals surface area contributed by atoms with Gasteiger partial charge in [0.15, 0.2) is 5.82 Å². The normalized spacial score (nSPS) is 14.0. The topological polar surface area (TPSA) is 37.3 Å². The molecule has 1 aromatic rings. The summed E-state index contributed by atoms with van der Waals surface area (Å²) < 4.78 is 2.93. The van der Waals surface area contributed by atoms with Crippen molar-refractivity contribution >= 4 is 24.1 Å². The van der Waals surface area contributed by atoms with Gasteiger partial charge in [-0.2, -0.15) is 0 Å². The molecule has 1 aliphatic rings. The van der Waals surface area contributed by atoms with Gasteiger partial charge in [0.1, 0.15) is 6.34 Å². The predicted octanol–water partition coefficient (Wildman–Crippen LogP) is 1.35. The fraction of sp³-hybridized carbons (Fsp3) is 0. The molecule has 0 spiro atoms. The summed E-state index contributed by atoms with van der Waals surface area (Å²) in [6.45, 7) is 0. The summed E-state index contributed by atoms with van der Waals surface area (Å²) in [5.74, 6) is 0.797. The molecule has 10 heavy (non-hydrogen) atoms. The van der Waals surface area contributed by atoms with Crippen LogP contribution in [0.2, 0.25) is 0 Å². The second-order valence-corrected chi connectivity index (χ2v) is 2.68. The van der Waals surface area contributed by atoms with Crippen molar-refractivity contribution in [3.05, 3.63) is 18.3 Å². The molecule has 0 fully saturated rings. The van der Waals surface area contributed by atoms with Crippen LogP contribution in [-0.4, -0.2) is 11.3 Å². The van der Waals surface area contributed by atoms with E-state index >= 15 is 0 Å². The van der Waals surface area contributed by atoms with Gasteiger partial charge < -0.3 is 4.72 Å². The van der Waals surface area contributed by atoms with E-state index in [2.05, 4.69) is 14.7 Å². The second-order valence-electron chi connectivity index (χ2n) is 1.80. The summed E-state index contributed by atoms with van der Waals surface area (Å²) in [6, 6.07) is 3.88. The monoisotopic (exact) mass is 151 g/mol. The first kappa shape index (κ1) is 5.73. The molecule has 2 heterocycles. The molecule has 1 aliphatic heterocycles. The molecule has 1 aromatic heterocycles. The van der Waals surface area contributed by atoms with E-state index in [-0.39, 0.29) is 0 Å². The Bertz CT molecular complexity index is 271. The zero-order chi connectivity index (χ0) is 6.81. The van der Waals surface area contributed by atoms with Crippen LogP contribution in [0.1, 0.15) is 0 Å². The highest BCUT2D eigenvalue weighted by atomic mass is 32.2. The molecule has 0 aliphatic carbocycles. The number of fused-ring (bicyclic) bond motifs is 1. The summed E-state index contributed by atoms with van der Waals surface area (Å²) >= 11 is 1.53. The lowest BCUT2D eigenvalue weighted by Crippen LogP contribution is -2.02. The van der Waals surface area contributed by atoms with Gasteiger partial charge in [0.05, 0.1) is 4.90 Å². The van der Waals surface area contributed by atoms with Crippen molar-refractivity contribution in [2.24, 2.45) is 4.99 Å². The highest BCUT2D eigenvalue weighted by Crippen LogP contribution is 2.26. The van der Waals surface area contributed by atoms with Gasteiger partial charge in [-0.25, -0.2) is 9.98 Å². The Balaban J connectivity index is 2.54. The average molecular weight is 151 g/mol. The standard InChI is InChI=1S/C6H5N3S/c1-2-5-6(7-3-1)8-4-9-10-5/h1-4H,(H,7,8,9). The van der Waals surface area contributed by atoms with Gasteiger partial charge in [0.25, 0.3) is 0 Å². The van der Waals surface area contributed by atoms with Crippen LogP contribution in [0.4, 0.5) is 5.82 Å². The van der Waals surface area contributed by atoms with E-state index < -0.39 is 0 Å². The molecule has 0 bridgehead atoms. The van der Waals surface area contributed by atoms with E-state index in [1.165, 1.54) is 11.9 Å². The Morgan fingerprint density at radius 2 is 2.50 bits per heavy atom. The lowest BCUT2D eigenvalue weighted by Gasteiger charge is -2.06. The first-order valence-corrected chi connectivity index (χ1v) is 3.68. The van der Waals surface area contributed by atoms with Gasteiger partial charge in [-0.1, -0.05) is 0 Å². The van der Waals surface area contributed by atoms with E-state index in [0.29, 0.717) is 0 Å². The van der Waals surface area contributed by atoms with Crippen molar-refractivity contribution in [3.8, 4) is 0 Å². The first-order chi connectivity index (χ1) is 4.97. The van der Waals surface area contributed by atoms with Crippen molar-refractivity contribution in [1.82, 2.24) is 9.71 Å². The summed E-state index contributed by atoms with van der Waals surface area (Å²) in [4.78, 5) is 9.16. The lowest BCUT2D eigenvalue weighted by atomic mass is 10.5. The number of hydrogen-bond acceptors (Lipinski definition) is 4. The largest absolute Gasteiger partial charge is 0.316 e. The molecule has 0 aromatic carbocycles. The molecule has 0 saturated heterocycles. The minimum Gasteiger partial charge on any atom is -0.316 e. The zero-order valence-electron chi connectivity index (χ0n) is 5.11. The summed E-state index contributed by atoms with van der Waals surface area (Å²) in [5.41, 5.74) is 0. The fourth-order valence-electron chi connectivity index (χ4n) is 0.736. The van der Waals surface area contributed by atoms with Crippen LogP contribution in [0.15, 0.2) is 28.2 Å². The van der Waals surface area contributed by atoms with Gasteiger partial charge in [-0.05, 0) is 24.1 Å². The molecule has 2 rings (SSSR count). The lowest BCUT2D eigenvalue weighted by molar-refractivity contribution is 1.18. The molecular formula is C6H5N3S. The molecule has 50 valence electrons. The third kappa shape index (κ3) is 0.863. The fourth-order valence-corrected chi connectivity index (χ4v) is 1.31. The SMILES string of the molecule is C1=Nc2ncccc2SN1. The number of aliphatic imine (C=N–C) groups is 1. The van der Waals surface area contributed by atoms with Crippen LogP contribution >= 0.6 is 11.9 Å². The summed E-state index contributed by atoms with van der Waals surface area (Å²) in [6.07, 6.45) is 3.38. The van der Waals surface area contributed by atoms with Crippen molar-refractivity contribution in [3.63, 3.8) is 0 Å². The van der Waals surface area contributed by atoms with Crippen LogP contribution in [0, 0.1) is 0 Å². The van der Waals surface area contributed by atoms with Crippen LogP contribution < -0.4 is 4.72 Å². The number of hydrogen-bond donors (Lipinski definition) is 1. The Morgan fingerprint density at radius 1 is 1.50 bits per heavy atom. The molecule has 0 unspecified atom stereocenters. The third-order valence-electron chi connectivity index (χ3n) is 1.16. The van der Waals surface area contributed by atoms with Crippen molar-refractivity contribution in [2.45, 2.75) is 4.90 Å². The highest BCUT2D eigenvalue weighted by Gasteiger charge is 2.03. The maximum absolute atomic E-state index is 4.06. The van der Waals surface area contributed by atoms with Gasteiger partial charge in [0, 0.05) is 6.20 Å². The quantitative estimate of drug-likeness (QED) is 0.569. The smallest absolute Gasteiger partial charge is 0.169 e. The Morgan fingerprint density at radius 3 is 3.40 bits per heavy atom. The molecule has 4 heteroatoms. The average Bonchev–Trinajstić information content (AvgIpc) is 2.05. The number of rotatable bonds is 0. The van der Waals surface area contributed by atoms with Crippen LogP contribution in [0.3, 0.4) is 0 Å². The third-order valence-corrected chi connectivity index (χ3v) is 1.92. The zero-order valence-corrected chi connectivity index (χ0v) is 5.93. The molecular weight excluding hydrogens is 146 g/mol. The number of aromatic nitrogens is 1. The van der Waals surface area contributed by atoms with Gasteiger partial charge in [-0.15, -0.1) is 0 Å². The molecule has 3 nitrogen and oxygen atoms in total. The van der Waals surface area contributed by atoms with Crippen molar-refractivity contribution in [1.29, 1.82) is 0 Å². The van der Waals surface area contributed by atoms with Crippen LogP contribution in [0.25, 0.3) is 0 Å². The Hall–Kier alpha value is -1.03. The van der Waals surface area contributed by atoms with E-state index in [1.807, 2.05) is 12.1 Å². The Kier molecular flexibility index (Phi) is 1.32. The first-order valence-electron chi connectivity index (χ1n) is 2.87. The van der Waals surface area contributed by atoms with E-state index in [1.54, 1.807) is 12.5 Å². The number of nitrogens with one attached hydrogen (secondary N) is 1. The molecule has 0 radical (unpaired) electrons. The molecule has 0 atom stereocenters. The molecule has 0 saturated carbocycles. The van der Waals surface area contributed by atoms with E-state index in [0.717, 1.165) is 10.7 Å². The number of pyridine rings is 1. The van der Waals surface area contributed by atoms with E-state index in [9.17, 15) is 0 Å². The minimum absolute atomic E-state index is 0.797.